The van der Waals surface area contributed by atoms with Gasteiger partial charge < -0.3 is 4.57 Å². The number of aryl methyl sites for hydroxylation is 1. The van der Waals surface area contributed by atoms with Gasteiger partial charge in [-0.3, -0.25) is 0 Å². The van der Waals surface area contributed by atoms with Crippen LogP contribution in [0.1, 0.15) is 16.8 Å². The van der Waals surface area contributed by atoms with Gasteiger partial charge in [0.1, 0.15) is 11.6 Å². The number of primary sulfonamides is 1. The topological polar surface area (TPSA) is 78.0 Å². The molecule has 0 aliphatic rings. The SMILES string of the molecule is Cc1ccccc1Cn1cc(C(F)(F)F)nc1-c1ccc(S(N)(=O)=O)cc1F. The summed E-state index contributed by atoms with van der Waals surface area (Å²) in [5.74, 6) is -1.31. The lowest BCUT2D eigenvalue weighted by Gasteiger charge is -2.11. The van der Waals surface area contributed by atoms with Crippen LogP contribution in [0, 0.1) is 12.7 Å². The average molecular weight is 413 g/mol. The van der Waals surface area contributed by atoms with Gasteiger partial charge in [-0.2, -0.15) is 13.2 Å². The van der Waals surface area contributed by atoms with Gasteiger partial charge >= 0.3 is 6.18 Å². The monoisotopic (exact) mass is 413 g/mol. The quantitative estimate of drug-likeness (QED) is 0.663. The molecule has 0 atom stereocenters. The van der Waals surface area contributed by atoms with Gasteiger partial charge in [0.25, 0.3) is 0 Å². The molecule has 1 heterocycles. The van der Waals surface area contributed by atoms with Gasteiger partial charge in [0, 0.05) is 12.7 Å². The van der Waals surface area contributed by atoms with Crippen LogP contribution in [-0.4, -0.2) is 18.0 Å². The first-order valence-electron chi connectivity index (χ1n) is 7.98. The molecule has 1 aromatic heterocycles. The second kappa shape index (κ2) is 7.02. The number of alkyl halides is 3. The molecule has 28 heavy (non-hydrogen) atoms. The summed E-state index contributed by atoms with van der Waals surface area (Å²) in [7, 11) is -4.15. The van der Waals surface area contributed by atoms with Crippen molar-refractivity contribution < 1.29 is 26.0 Å². The first-order chi connectivity index (χ1) is 13.0. The lowest BCUT2D eigenvalue weighted by Crippen LogP contribution is -2.12. The van der Waals surface area contributed by atoms with E-state index in [1.807, 2.05) is 0 Å². The highest BCUT2D eigenvalue weighted by atomic mass is 32.2. The molecule has 10 heteroatoms. The normalized spacial score (nSPS) is 12.4. The largest absolute Gasteiger partial charge is 0.434 e. The molecule has 2 N–H and O–H groups in total. The number of imidazole rings is 1. The molecule has 2 aromatic carbocycles. The molecule has 3 aromatic rings. The van der Waals surface area contributed by atoms with Crippen molar-refractivity contribution in [2.45, 2.75) is 24.5 Å². The molecule has 0 amide bonds. The van der Waals surface area contributed by atoms with E-state index in [2.05, 4.69) is 4.98 Å². The molecule has 0 fully saturated rings. The van der Waals surface area contributed by atoms with Crippen molar-refractivity contribution in [2.24, 2.45) is 5.14 Å². The fourth-order valence-electron chi connectivity index (χ4n) is 2.71. The maximum absolute atomic E-state index is 14.5. The molecule has 0 aliphatic carbocycles. The van der Waals surface area contributed by atoms with E-state index in [0.29, 0.717) is 6.07 Å². The summed E-state index contributed by atoms with van der Waals surface area (Å²) in [6.45, 7) is 1.83. The number of hydrogen-bond acceptors (Lipinski definition) is 3. The zero-order chi connectivity index (χ0) is 20.7. The van der Waals surface area contributed by atoms with Gasteiger partial charge in [-0.05, 0) is 36.2 Å². The van der Waals surface area contributed by atoms with Crippen LogP contribution in [0.3, 0.4) is 0 Å². The van der Waals surface area contributed by atoms with E-state index in [-0.39, 0.29) is 17.9 Å². The number of halogens is 4. The summed E-state index contributed by atoms with van der Waals surface area (Å²) in [6.07, 6.45) is -3.92. The first-order valence-corrected chi connectivity index (χ1v) is 9.53. The minimum Gasteiger partial charge on any atom is -0.326 e. The van der Waals surface area contributed by atoms with Crippen LogP contribution in [0.5, 0.6) is 0 Å². The highest BCUT2D eigenvalue weighted by Gasteiger charge is 2.35. The summed E-state index contributed by atoms with van der Waals surface area (Å²) < 4.78 is 77.9. The second-order valence-corrected chi connectivity index (χ2v) is 7.75. The van der Waals surface area contributed by atoms with E-state index in [1.165, 1.54) is 4.57 Å². The van der Waals surface area contributed by atoms with Crippen molar-refractivity contribution in [3.05, 3.63) is 71.3 Å². The number of benzene rings is 2. The molecule has 0 radical (unpaired) electrons. The lowest BCUT2D eigenvalue weighted by atomic mass is 10.1. The number of rotatable bonds is 4. The molecule has 0 aliphatic heterocycles. The average Bonchev–Trinajstić information content (AvgIpc) is 3.00. The predicted octanol–water partition coefficient (Wildman–Crippen LogP) is 3.71. The van der Waals surface area contributed by atoms with Crippen molar-refractivity contribution >= 4 is 10.0 Å². The Morgan fingerprint density at radius 3 is 2.39 bits per heavy atom. The van der Waals surface area contributed by atoms with Crippen LogP contribution < -0.4 is 5.14 Å². The van der Waals surface area contributed by atoms with E-state index in [1.54, 1.807) is 31.2 Å². The van der Waals surface area contributed by atoms with Gasteiger partial charge in [-0.1, -0.05) is 24.3 Å². The van der Waals surface area contributed by atoms with Crippen LogP contribution in [0.2, 0.25) is 0 Å². The van der Waals surface area contributed by atoms with Crippen LogP contribution in [0.4, 0.5) is 17.6 Å². The Morgan fingerprint density at radius 1 is 1.14 bits per heavy atom. The van der Waals surface area contributed by atoms with Gasteiger partial charge in [0.05, 0.1) is 10.5 Å². The van der Waals surface area contributed by atoms with Gasteiger partial charge in [-0.25, -0.2) is 22.9 Å². The van der Waals surface area contributed by atoms with Crippen molar-refractivity contribution in [3.8, 4) is 11.4 Å². The third-order valence-corrected chi connectivity index (χ3v) is 5.09. The molecule has 0 spiro atoms. The molecule has 0 unspecified atom stereocenters. The number of aromatic nitrogens is 2. The number of hydrogen-bond donors (Lipinski definition) is 1. The highest BCUT2D eigenvalue weighted by Crippen LogP contribution is 2.33. The van der Waals surface area contributed by atoms with E-state index in [4.69, 9.17) is 5.14 Å². The molecule has 5 nitrogen and oxygen atoms in total. The smallest absolute Gasteiger partial charge is 0.326 e. The van der Waals surface area contributed by atoms with E-state index < -0.39 is 32.6 Å². The van der Waals surface area contributed by atoms with Crippen LogP contribution in [0.25, 0.3) is 11.4 Å². The van der Waals surface area contributed by atoms with Crippen LogP contribution >= 0.6 is 0 Å². The number of nitrogens with zero attached hydrogens (tertiary/aromatic N) is 2. The zero-order valence-corrected chi connectivity index (χ0v) is 15.4. The predicted molar refractivity (Wildman–Crippen MR) is 94.3 cm³/mol. The van der Waals surface area contributed by atoms with Crippen molar-refractivity contribution in [1.29, 1.82) is 0 Å². The van der Waals surface area contributed by atoms with E-state index in [0.717, 1.165) is 29.5 Å². The van der Waals surface area contributed by atoms with E-state index >= 15 is 0 Å². The van der Waals surface area contributed by atoms with Crippen molar-refractivity contribution in [2.75, 3.05) is 0 Å². The molecule has 0 bridgehead atoms. The first kappa shape index (κ1) is 20.0. The minimum atomic E-state index is -4.72. The van der Waals surface area contributed by atoms with Gasteiger partial charge in [0.15, 0.2) is 5.69 Å². The Balaban J connectivity index is 2.15. The lowest BCUT2D eigenvalue weighted by molar-refractivity contribution is -0.140. The maximum atomic E-state index is 14.5. The Morgan fingerprint density at radius 2 is 1.82 bits per heavy atom. The second-order valence-electron chi connectivity index (χ2n) is 6.19. The van der Waals surface area contributed by atoms with Crippen LogP contribution in [-0.2, 0) is 22.7 Å². The number of nitrogens with two attached hydrogens (primary N) is 1. The van der Waals surface area contributed by atoms with Crippen molar-refractivity contribution in [3.63, 3.8) is 0 Å². The Bertz CT molecular complexity index is 1140. The molecular weight excluding hydrogens is 398 g/mol. The summed E-state index contributed by atoms with van der Waals surface area (Å²) in [6, 6.07) is 9.81. The third-order valence-electron chi connectivity index (χ3n) is 4.18. The van der Waals surface area contributed by atoms with Gasteiger partial charge in [-0.15, -0.1) is 0 Å². The maximum Gasteiger partial charge on any atom is 0.434 e. The Kier molecular flexibility index (Phi) is 5.02. The third kappa shape index (κ3) is 4.07. The van der Waals surface area contributed by atoms with Crippen LogP contribution in [0.15, 0.2) is 53.6 Å². The fraction of sp³-hybridized carbons (Fsp3) is 0.167. The minimum absolute atomic E-state index is 0.0292. The molecule has 3 rings (SSSR count). The summed E-state index contributed by atoms with van der Waals surface area (Å²) in [5.41, 5.74) is 0.139. The standard InChI is InChI=1S/C18H15F4N3O2S/c1-11-4-2-3-5-12(11)9-25-10-16(18(20,21)22)24-17(25)14-7-6-13(8-15(14)19)28(23,26)27/h2-8,10H,9H2,1H3,(H2,23,26,27). The fourth-order valence-corrected chi connectivity index (χ4v) is 3.24. The molecular formula is C18H15F4N3O2S. The Hall–Kier alpha value is -2.72. The van der Waals surface area contributed by atoms with E-state index in [9.17, 15) is 26.0 Å². The Labute approximate surface area is 158 Å². The highest BCUT2D eigenvalue weighted by molar-refractivity contribution is 7.89. The van der Waals surface area contributed by atoms with Gasteiger partial charge in [0.2, 0.25) is 10.0 Å². The summed E-state index contributed by atoms with van der Waals surface area (Å²) in [4.78, 5) is 3.06. The molecule has 0 saturated heterocycles. The molecule has 0 saturated carbocycles. The van der Waals surface area contributed by atoms with Crippen molar-refractivity contribution in [1.82, 2.24) is 9.55 Å². The zero-order valence-electron chi connectivity index (χ0n) is 14.5. The number of sulfonamides is 1. The summed E-state index contributed by atoms with van der Waals surface area (Å²) in [5, 5.41) is 4.96. The summed E-state index contributed by atoms with van der Waals surface area (Å²) >= 11 is 0. The molecule has 148 valence electrons.